The van der Waals surface area contributed by atoms with Gasteiger partial charge in [0.25, 0.3) is 0 Å². The smallest absolute Gasteiger partial charge is 0.230 e. The molecule has 4 N–H and O–H groups in total. The third-order valence-corrected chi connectivity index (χ3v) is 10.8. The number of anilines is 1. The van der Waals surface area contributed by atoms with Crippen molar-refractivity contribution in [3.8, 4) is 5.75 Å². The molecular weight excluding hydrogens is 514 g/mol. The van der Waals surface area contributed by atoms with Gasteiger partial charge in [-0.1, -0.05) is 38.8 Å². The molecule has 212 valence electrons. The molecule has 5 atom stereocenters. The summed E-state index contributed by atoms with van der Waals surface area (Å²) in [7, 11) is 1.61. The van der Waals surface area contributed by atoms with Crippen molar-refractivity contribution in [3.05, 3.63) is 40.4 Å². The highest BCUT2D eigenvalue weighted by molar-refractivity contribution is 7.15. The van der Waals surface area contributed by atoms with Crippen molar-refractivity contribution >= 4 is 28.3 Å². The van der Waals surface area contributed by atoms with Crippen molar-refractivity contribution in [2.45, 2.75) is 89.7 Å². The van der Waals surface area contributed by atoms with Gasteiger partial charge in [-0.05, 0) is 61.1 Å². The summed E-state index contributed by atoms with van der Waals surface area (Å²) in [5, 5.41) is 28.2. The van der Waals surface area contributed by atoms with E-state index in [2.05, 4.69) is 17.6 Å². The Labute approximate surface area is 234 Å². The Kier molecular flexibility index (Phi) is 8.04. The Hall–Kier alpha value is -2.49. The number of aliphatic hydroxyl groups is 2. The van der Waals surface area contributed by atoms with Gasteiger partial charge in [-0.15, -0.1) is 11.3 Å². The van der Waals surface area contributed by atoms with Gasteiger partial charge in [-0.2, -0.15) is 0 Å². The number of aromatic nitrogens is 1. The van der Waals surface area contributed by atoms with Gasteiger partial charge in [0.15, 0.2) is 5.13 Å². The molecule has 1 aromatic carbocycles. The van der Waals surface area contributed by atoms with Crippen LogP contribution in [0.1, 0.15) is 80.8 Å². The molecule has 0 aliphatic heterocycles. The van der Waals surface area contributed by atoms with Gasteiger partial charge in [-0.3, -0.25) is 9.59 Å². The van der Waals surface area contributed by atoms with E-state index in [1.807, 2.05) is 31.2 Å². The van der Waals surface area contributed by atoms with Crippen LogP contribution in [0.4, 0.5) is 5.13 Å². The number of thiazole rings is 1. The average molecular weight is 556 g/mol. The summed E-state index contributed by atoms with van der Waals surface area (Å²) in [5.41, 5.74) is 0.779. The number of aliphatic hydroxyl groups excluding tert-OH is 2. The lowest BCUT2D eigenvalue weighted by Gasteiger charge is -2.58. The van der Waals surface area contributed by atoms with E-state index in [0.717, 1.165) is 54.0 Å². The largest absolute Gasteiger partial charge is 0.497 e. The standard InChI is InChI=1S/C30H41N3O5S/c1-29-13-12-24(35)30(2,17-34)23(29)16-22-27(21(29)15-26(37)31-19-6-4-5-7-19)33-28(39-22)32-25(36)14-18-8-10-20(38-3)11-9-18/h8-11,19,21,23-24,34-35H,4-7,12-17H2,1-3H3,(H,31,37)(H,32,33,36). The Bertz CT molecular complexity index is 1190. The highest BCUT2D eigenvalue weighted by Crippen LogP contribution is 2.62. The number of benzene rings is 1. The van der Waals surface area contributed by atoms with E-state index in [4.69, 9.17) is 9.72 Å². The number of nitrogens with one attached hydrogen (secondary N) is 2. The van der Waals surface area contributed by atoms with Crippen LogP contribution in [0.3, 0.4) is 0 Å². The monoisotopic (exact) mass is 555 g/mol. The zero-order valence-corrected chi connectivity index (χ0v) is 24.0. The van der Waals surface area contributed by atoms with E-state index in [-0.39, 0.29) is 48.1 Å². The van der Waals surface area contributed by atoms with Crippen LogP contribution in [0.15, 0.2) is 24.3 Å². The van der Waals surface area contributed by atoms with Gasteiger partial charge in [0, 0.05) is 28.7 Å². The summed E-state index contributed by atoms with van der Waals surface area (Å²) in [4.78, 5) is 32.2. The number of carbonyl (C=O) groups excluding carboxylic acids is 2. The molecule has 2 fully saturated rings. The van der Waals surface area contributed by atoms with Gasteiger partial charge in [0.1, 0.15) is 5.75 Å². The fourth-order valence-corrected chi connectivity index (χ4v) is 8.42. The first-order chi connectivity index (χ1) is 18.7. The van der Waals surface area contributed by atoms with Crippen LogP contribution < -0.4 is 15.4 Å². The number of methoxy groups -OCH3 is 1. The second-order valence-electron chi connectivity index (χ2n) is 12.2. The molecule has 9 heteroatoms. The summed E-state index contributed by atoms with van der Waals surface area (Å²) in [6.07, 6.45) is 6.27. The van der Waals surface area contributed by atoms with Gasteiger partial charge >= 0.3 is 0 Å². The number of hydrogen-bond donors (Lipinski definition) is 4. The van der Waals surface area contributed by atoms with Crippen molar-refractivity contribution in [2.24, 2.45) is 16.7 Å². The molecule has 0 bridgehead atoms. The van der Waals surface area contributed by atoms with Crippen molar-refractivity contribution in [1.82, 2.24) is 10.3 Å². The maximum absolute atomic E-state index is 13.3. The SMILES string of the molecule is COc1ccc(CC(=O)Nc2nc3c(s2)CC2C(C)(CO)C(O)CCC2(C)C3CC(=O)NC2CCCC2)cc1. The predicted molar refractivity (Wildman–Crippen MR) is 151 cm³/mol. The Morgan fingerprint density at radius 1 is 1.13 bits per heavy atom. The van der Waals surface area contributed by atoms with Gasteiger partial charge in [0.2, 0.25) is 11.8 Å². The molecule has 0 saturated heterocycles. The van der Waals surface area contributed by atoms with E-state index >= 15 is 0 Å². The molecule has 2 amide bonds. The summed E-state index contributed by atoms with van der Waals surface area (Å²) in [5.74, 6) is 0.453. The van der Waals surface area contributed by atoms with E-state index in [1.54, 1.807) is 7.11 Å². The highest BCUT2D eigenvalue weighted by atomic mass is 32.1. The van der Waals surface area contributed by atoms with Crippen LogP contribution in [0.5, 0.6) is 5.75 Å². The lowest BCUT2D eigenvalue weighted by molar-refractivity contribution is -0.144. The maximum Gasteiger partial charge on any atom is 0.230 e. The van der Waals surface area contributed by atoms with Crippen LogP contribution >= 0.6 is 11.3 Å². The maximum atomic E-state index is 13.3. The predicted octanol–water partition coefficient (Wildman–Crippen LogP) is 4.20. The lowest BCUT2D eigenvalue weighted by Crippen LogP contribution is -2.57. The van der Waals surface area contributed by atoms with E-state index < -0.39 is 11.5 Å². The highest BCUT2D eigenvalue weighted by Gasteiger charge is 2.59. The van der Waals surface area contributed by atoms with E-state index in [0.29, 0.717) is 24.4 Å². The van der Waals surface area contributed by atoms with Gasteiger partial charge < -0.3 is 25.6 Å². The number of nitrogens with zero attached hydrogens (tertiary/aromatic N) is 1. The third-order valence-electron chi connectivity index (χ3n) is 9.77. The third kappa shape index (κ3) is 5.45. The number of carbonyl (C=O) groups is 2. The molecule has 0 radical (unpaired) electrons. The molecular formula is C30H41N3O5S. The number of ether oxygens (including phenoxy) is 1. The molecule has 1 heterocycles. The van der Waals surface area contributed by atoms with Crippen molar-refractivity contribution in [2.75, 3.05) is 19.0 Å². The summed E-state index contributed by atoms with van der Waals surface area (Å²) in [6, 6.07) is 7.65. The second kappa shape index (κ2) is 11.2. The molecule has 5 unspecified atom stereocenters. The summed E-state index contributed by atoms with van der Waals surface area (Å²) >= 11 is 1.45. The van der Waals surface area contributed by atoms with Crippen molar-refractivity contribution in [3.63, 3.8) is 0 Å². The van der Waals surface area contributed by atoms with Crippen LogP contribution in [-0.2, 0) is 22.4 Å². The zero-order valence-electron chi connectivity index (χ0n) is 23.2. The minimum atomic E-state index is -0.674. The molecule has 1 aromatic heterocycles. The molecule has 39 heavy (non-hydrogen) atoms. The van der Waals surface area contributed by atoms with Crippen molar-refractivity contribution in [1.29, 1.82) is 0 Å². The van der Waals surface area contributed by atoms with Crippen LogP contribution in [-0.4, -0.2) is 52.9 Å². The molecule has 2 saturated carbocycles. The molecule has 3 aliphatic carbocycles. The van der Waals surface area contributed by atoms with Crippen LogP contribution in [0, 0.1) is 16.7 Å². The summed E-state index contributed by atoms with van der Waals surface area (Å²) < 4.78 is 5.20. The molecule has 2 aromatic rings. The molecule has 8 nitrogen and oxygen atoms in total. The minimum Gasteiger partial charge on any atom is -0.497 e. The van der Waals surface area contributed by atoms with Gasteiger partial charge in [-0.25, -0.2) is 4.98 Å². The van der Waals surface area contributed by atoms with E-state index in [9.17, 15) is 19.8 Å². The quantitative estimate of drug-likeness (QED) is 0.388. The first kappa shape index (κ1) is 28.1. The zero-order chi connectivity index (χ0) is 27.8. The van der Waals surface area contributed by atoms with Crippen LogP contribution in [0.25, 0.3) is 0 Å². The number of fused-ring (bicyclic) bond motifs is 2. The normalized spacial score (nSPS) is 30.3. The molecule has 3 aliphatic rings. The second-order valence-corrected chi connectivity index (χ2v) is 13.3. The number of amides is 2. The lowest BCUT2D eigenvalue weighted by atomic mass is 9.47. The minimum absolute atomic E-state index is 0.0150. The Morgan fingerprint density at radius 3 is 2.51 bits per heavy atom. The van der Waals surface area contributed by atoms with Gasteiger partial charge in [0.05, 0.1) is 31.9 Å². The first-order valence-corrected chi connectivity index (χ1v) is 15.0. The van der Waals surface area contributed by atoms with Crippen molar-refractivity contribution < 1.29 is 24.5 Å². The number of rotatable bonds is 8. The molecule has 0 spiro atoms. The first-order valence-electron chi connectivity index (χ1n) is 14.2. The summed E-state index contributed by atoms with van der Waals surface area (Å²) in [6.45, 7) is 4.06. The topological polar surface area (TPSA) is 121 Å². The fraction of sp³-hybridized carbons (Fsp3) is 0.633. The Morgan fingerprint density at radius 2 is 1.85 bits per heavy atom. The Balaban J connectivity index is 1.41. The average Bonchev–Trinajstić information content (AvgIpc) is 3.57. The van der Waals surface area contributed by atoms with Crippen LogP contribution in [0.2, 0.25) is 0 Å². The number of hydrogen-bond acceptors (Lipinski definition) is 7. The fourth-order valence-electron chi connectivity index (χ4n) is 7.33. The van der Waals surface area contributed by atoms with E-state index in [1.165, 1.54) is 11.3 Å². The molecule has 5 rings (SSSR count).